The Balaban J connectivity index is 1.81. The van der Waals surface area contributed by atoms with Crippen LogP contribution >= 0.6 is 0 Å². The first-order valence-electron chi connectivity index (χ1n) is 8.84. The Kier molecular flexibility index (Phi) is 5.99. The molecule has 136 valence electrons. The minimum absolute atomic E-state index is 0.0182. The van der Waals surface area contributed by atoms with Gasteiger partial charge in [-0.3, -0.25) is 15.1 Å². The molecule has 2 aromatic carbocycles. The summed E-state index contributed by atoms with van der Waals surface area (Å²) in [5, 5.41) is 20.6. The average Bonchev–Trinajstić information content (AvgIpc) is 2.68. The van der Waals surface area contributed by atoms with Gasteiger partial charge < -0.3 is 0 Å². The third-order valence-corrected chi connectivity index (χ3v) is 4.11. The summed E-state index contributed by atoms with van der Waals surface area (Å²) < 4.78 is 0. The number of hydrogen-bond acceptors (Lipinski definition) is 5. The second-order valence-electron chi connectivity index (χ2n) is 6.15. The third-order valence-electron chi connectivity index (χ3n) is 4.11. The SMILES string of the molecule is CCCC(Cc1ccc2ccccc2n1)=NN=Cc1ccccc1[N+](=O)[O-]. The molecule has 6 nitrogen and oxygen atoms in total. The standard InChI is InChI=1S/C21H20N4O2/c1-2-7-19(14-18-13-12-16-8-3-5-10-20(16)23-18)24-22-15-17-9-4-6-11-21(17)25(26)27/h3-6,8-13,15H,2,7,14H2,1H3. The van der Waals surface area contributed by atoms with Crippen molar-refractivity contribution in [3.05, 3.63) is 82.0 Å². The normalized spacial score (nSPS) is 12.0. The average molecular weight is 360 g/mol. The van der Waals surface area contributed by atoms with Gasteiger partial charge in [0, 0.05) is 29.3 Å². The van der Waals surface area contributed by atoms with Crippen LogP contribution in [0.5, 0.6) is 0 Å². The highest BCUT2D eigenvalue weighted by molar-refractivity contribution is 5.89. The number of rotatable bonds is 7. The summed E-state index contributed by atoms with van der Waals surface area (Å²) in [6, 6.07) is 18.5. The molecule has 3 rings (SSSR count). The van der Waals surface area contributed by atoms with Crippen LogP contribution in [-0.4, -0.2) is 21.8 Å². The summed E-state index contributed by atoms with van der Waals surface area (Å²) in [6.07, 6.45) is 3.77. The van der Waals surface area contributed by atoms with Gasteiger partial charge in [-0.25, -0.2) is 0 Å². The van der Waals surface area contributed by atoms with Crippen molar-refractivity contribution in [2.75, 3.05) is 0 Å². The van der Waals surface area contributed by atoms with Crippen LogP contribution in [0.25, 0.3) is 10.9 Å². The van der Waals surface area contributed by atoms with Gasteiger partial charge >= 0.3 is 0 Å². The first-order valence-corrected chi connectivity index (χ1v) is 8.84. The molecule has 0 atom stereocenters. The van der Waals surface area contributed by atoms with Gasteiger partial charge in [0.05, 0.1) is 22.2 Å². The van der Waals surface area contributed by atoms with Gasteiger partial charge in [0.15, 0.2) is 0 Å². The molecule has 27 heavy (non-hydrogen) atoms. The molecule has 0 saturated carbocycles. The largest absolute Gasteiger partial charge is 0.278 e. The van der Waals surface area contributed by atoms with Crippen LogP contribution < -0.4 is 0 Å². The molecule has 0 fully saturated rings. The van der Waals surface area contributed by atoms with Crippen molar-refractivity contribution >= 4 is 28.5 Å². The van der Waals surface area contributed by atoms with Crippen molar-refractivity contribution in [3.63, 3.8) is 0 Å². The molecule has 0 radical (unpaired) electrons. The fourth-order valence-corrected chi connectivity index (χ4v) is 2.81. The van der Waals surface area contributed by atoms with Crippen LogP contribution in [0.3, 0.4) is 0 Å². The zero-order chi connectivity index (χ0) is 19.1. The molecular weight excluding hydrogens is 340 g/mol. The number of para-hydroxylation sites is 2. The van der Waals surface area contributed by atoms with Gasteiger partial charge in [-0.2, -0.15) is 10.2 Å². The lowest BCUT2D eigenvalue weighted by molar-refractivity contribution is -0.385. The van der Waals surface area contributed by atoms with E-state index in [2.05, 4.69) is 28.2 Å². The molecular formula is C21H20N4O2. The quantitative estimate of drug-likeness (QED) is 0.339. The van der Waals surface area contributed by atoms with Gasteiger partial charge in [-0.05, 0) is 24.6 Å². The van der Waals surface area contributed by atoms with Gasteiger partial charge in [0.1, 0.15) is 0 Å². The van der Waals surface area contributed by atoms with Crippen LogP contribution in [0.1, 0.15) is 31.0 Å². The monoisotopic (exact) mass is 360 g/mol. The van der Waals surface area contributed by atoms with Gasteiger partial charge in [0.25, 0.3) is 5.69 Å². The van der Waals surface area contributed by atoms with Crippen molar-refractivity contribution in [1.82, 2.24) is 4.98 Å². The maximum absolute atomic E-state index is 11.1. The Bertz CT molecular complexity index is 1010. The smallest absolute Gasteiger partial charge is 0.258 e. The predicted octanol–water partition coefficient (Wildman–Crippen LogP) is 4.96. The molecule has 0 unspecified atom stereocenters. The predicted molar refractivity (Wildman–Crippen MR) is 108 cm³/mol. The number of nitrogens with zero attached hydrogens (tertiary/aromatic N) is 4. The van der Waals surface area contributed by atoms with Crippen molar-refractivity contribution in [2.45, 2.75) is 26.2 Å². The lowest BCUT2D eigenvalue weighted by Gasteiger charge is -2.05. The Labute approximate surface area is 157 Å². The van der Waals surface area contributed by atoms with E-state index in [0.29, 0.717) is 12.0 Å². The van der Waals surface area contributed by atoms with E-state index < -0.39 is 4.92 Å². The fraction of sp³-hybridized carbons (Fsp3) is 0.190. The van der Waals surface area contributed by atoms with Gasteiger partial charge in [-0.15, -0.1) is 0 Å². The molecule has 3 aromatic rings. The van der Waals surface area contributed by atoms with Crippen molar-refractivity contribution < 1.29 is 4.92 Å². The van der Waals surface area contributed by atoms with Crippen LogP contribution in [0, 0.1) is 10.1 Å². The van der Waals surface area contributed by atoms with Crippen LogP contribution in [0.4, 0.5) is 5.69 Å². The van der Waals surface area contributed by atoms with Crippen molar-refractivity contribution in [2.24, 2.45) is 10.2 Å². The van der Waals surface area contributed by atoms with Gasteiger partial charge in [-0.1, -0.05) is 49.7 Å². The Morgan fingerprint density at radius 1 is 1.11 bits per heavy atom. The Morgan fingerprint density at radius 2 is 1.89 bits per heavy atom. The Morgan fingerprint density at radius 3 is 2.70 bits per heavy atom. The number of nitro groups is 1. The number of benzene rings is 2. The molecule has 0 spiro atoms. The molecule has 0 N–H and O–H groups in total. The molecule has 0 aliphatic heterocycles. The summed E-state index contributed by atoms with van der Waals surface area (Å²) in [7, 11) is 0. The minimum atomic E-state index is -0.420. The topological polar surface area (TPSA) is 80.8 Å². The highest BCUT2D eigenvalue weighted by Gasteiger charge is 2.10. The van der Waals surface area contributed by atoms with E-state index in [1.54, 1.807) is 18.2 Å². The minimum Gasteiger partial charge on any atom is -0.258 e. The van der Waals surface area contributed by atoms with Crippen LogP contribution in [-0.2, 0) is 6.42 Å². The fourth-order valence-electron chi connectivity index (χ4n) is 2.81. The van der Waals surface area contributed by atoms with Crippen molar-refractivity contribution in [1.29, 1.82) is 0 Å². The highest BCUT2D eigenvalue weighted by Crippen LogP contribution is 2.16. The number of aromatic nitrogens is 1. The van der Waals surface area contributed by atoms with Crippen LogP contribution in [0.15, 0.2) is 70.9 Å². The highest BCUT2D eigenvalue weighted by atomic mass is 16.6. The summed E-state index contributed by atoms with van der Waals surface area (Å²) in [4.78, 5) is 15.3. The first-order chi connectivity index (χ1) is 13.2. The molecule has 0 aliphatic rings. The van der Waals surface area contributed by atoms with E-state index in [-0.39, 0.29) is 5.69 Å². The van der Waals surface area contributed by atoms with E-state index in [9.17, 15) is 10.1 Å². The lowest BCUT2D eigenvalue weighted by Crippen LogP contribution is -2.04. The molecule has 0 saturated heterocycles. The second-order valence-corrected chi connectivity index (χ2v) is 6.15. The summed E-state index contributed by atoms with van der Waals surface area (Å²) in [5.41, 5.74) is 3.24. The van der Waals surface area contributed by atoms with E-state index in [0.717, 1.165) is 35.2 Å². The molecule has 6 heteroatoms. The number of hydrogen-bond donors (Lipinski definition) is 0. The molecule has 1 heterocycles. The van der Waals surface area contributed by atoms with E-state index in [1.807, 2.05) is 30.3 Å². The van der Waals surface area contributed by atoms with Crippen LogP contribution in [0.2, 0.25) is 0 Å². The zero-order valence-corrected chi connectivity index (χ0v) is 15.1. The second kappa shape index (κ2) is 8.80. The number of nitro benzene ring substituents is 1. The van der Waals surface area contributed by atoms with Gasteiger partial charge in [0.2, 0.25) is 0 Å². The van der Waals surface area contributed by atoms with E-state index in [4.69, 9.17) is 0 Å². The molecule has 0 aliphatic carbocycles. The summed E-state index contributed by atoms with van der Waals surface area (Å²) in [6.45, 7) is 2.08. The summed E-state index contributed by atoms with van der Waals surface area (Å²) >= 11 is 0. The number of fused-ring (bicyclic) bond motifs is 1. The molecule has 0 bridgehead atoms. The zero-order valence-electron chi connectivity index (χ0n) is 15.1. The summed E-state index contributed by atoms with van der Waals surface area (Å²) in [5.74, 6) is 0. The van der Waals surface area contributed by atoms with Crippen molar-refractivity contribution in [3.8, 4) is 0 Å². The lowest BCUT2D eigenvalue weighted by atomic mass is 10.1. The first kappa shape index (κ1) is 18.4. The molecule has 1 aromatic heterocycles. The van der Waals surface area contributed by atoms with E-state index >= 15 is 0 Å². The number of pyridine rings is 1. The maximum atomic E-state index is 11.1. The Hall–Kier alpha value is -3.41. The van der Waals surface area contributed by atoms with E-state index in [1.165, 1.54) is 12.3 Å². The third kappa shape index (κ3) is 4.82. The molecule has 0 amide bonds. The maximum Gasteiger partial charge on any atom is 0.278 e.